The normalized spacial score (nSPS) is 10.1. The van der Waals surface area contributed by atoms with Crippen molar-refractivity contribution in [3.8, 4) is 0 Å². The van der Waals surface area contributed by atoms with Gasteiger partial charge in [-0.2, -0.15) is 0 Å². The number of aromatic nitrogens is 1. The number of carbonyl (C=O) groups excluding carboxylic acids is 1. The van der Waals surface area contributed by atoms with Gasteiger partial charge in [0.2, 0.25) is 0 Å². The third kappa shape index (κ3) is 4.05. The van der Waals surface area contributed by atoms with Gasteiger partial charge in [-0.3, -0.25) is 4.79 Å². The van der Waals surface area contributed by atoms with Crippen molar-refractivity contribution in [2.45, 2.75) is 17.7 Å². The number of rotatable bonds is 5. The van der Waals surface area contributed by atoms with E-state index >= 15 is 0 Å². The average molecular weight is 233 g/mol. The molecule has 0 aromatic carbocycles. The molecular weight excluding hydrogens is 222 g/mol. The number of hydrazine groups is 1. The van der Waals surface area contributed by atoms with Gasteiger partial charge in [0.25, 0.3) is 0 Å². The Morgan fingerprint density at radius 3 is 3.21 bits per heavy atom. The van der Waals surface area contributed by atoms with E-state index in [9.17, 15) is 4.79 Å². The first-order chi connectivity index (χ1) is 6.72. The first-order valence-corrected chi connectivity index (χ1v) is 5.79. The molecule has 1 aromatic rings. The molecule has 0 saturated carbocycles. The van der Waals surface area contributed by atoms with Gasteiger partial charge in [0.05, 0.1) is 6.42 Å². The molecular formula is C7H11N3O2S2. The lowest BCUT2D eigenvalue weighted by Gasteiger charge is -1.99. The summed E-state index contributed by atoms with van der Waals surface area (Å²) >= 11 is 3.11. The summed E-state index contributed by atoms with van der Waals surface area (Å²) in [6.07, 6.45) is 0.313. The molecule has 1 aromatic heterocycles. The number of aryl methyl sites for hydroxylation is 1. The molecule has 3 N–H and O–H groups in total. The van der Waals surface area contributed by atoms with Crippen LogP contribution < -0.4 is 11.4 Å². The maximum absolute atomic E-state index is 10.8. The van der Waals surface area contributed by atoms with Crippen LogP contribution in [0.1, 0.15) is 12.1 Å². The minimum absolute atomic E-state index is 0.313. The molecule has 7 heteroatoms. The Morgan fingerprint density at radius 1 is 1.86 bits per heavy atom. The molecule has 0 radical (unpaired) electrons. The van der Waals surface area contributed by atoms with Crippen LogP contribution in [0.5, 0.6) is 0 Å². The SMILES string of the molecule is Cc1csc(SCCC(=O)ONN)n1. The van der Waals surface area contributed by atoms with Crippen molar-refractivity contribution in [1.29, 1.82) is 0 Å². The third-order valence-electron chi connectivity index (χ3n) is 1.30. The van der Waals surface area contributed by atoms with E-state index in [4.69, 9.17) is 5.84 Å². The van der Waals surface area contributed by atoms with Crippen LogP contribution in [0.3, 0.4) is 0 Å². The molecule has 0 fully saturated rings. The Hall–Kier alpha value is -0.630. The summed E-state index contributed by atoms with van der Waals surface area (Å²) in [5, 5.41) is 1.97. The summed E-state index contributed by atoms with van der Waals surface area (Å²) in [7, 11) is 0. The lowest BCUT2D eigenvalue weighted by Crippen LogP contribution is -2.26. The van der Waals surface area contributed by atoms with Crippen LogP contribution in [0.25, 0.3) is 0 Å². The van der Waals surface area contributed by atoms with Gasteiger partial charge in [-0.25, -0.2) is 10.8 Å². The maximum Gasteiger partial charge on any atom is 0.327 e. The van der Waals surface area contributed by atoms with E-state index in [-0.39, 0.29) is 5.97 Å². The Kier molecular flexibility index (Phi) is 4.88. The zero-order valence-electron chi connectivity index (χ0n) is 7.65. The van der Waals surface area contributed by atoms with Gasteiger partial charge in [0, 0.05) is 16.8 Å². The van der Waals surface area contributed by atoms with E-state index < -0.39 is 0 Å². The predicted molar refractivity (Wildman–Crippen MR) is 55.6 cm³/mol. The molecule has 0 aliphatic carbocycles. The van der Waals surface area contributed by atoms with Crippen LogP contribution in [0.4, 0.5) is 0 Å². The van der Waals surface area contributed by atoms with Gasteiger partial charge < -0.3 is 4.84 Å². The highest BCUT2D eigenvalue weighted by Crippen LogP contribution is 2.22. The number of nitrogens with two attached hydrogens (primary N) is 1. The van der Waals surface area contributed by atoms with E-state index in [0.717, 1.165) is 10.0 Å². The fourth-order valence-electron chi connectivity index (χ4n) is 0.737. The van der Waals surface area contributed by atoms with E-state index in [1.165, 1.54) is 11.8 Å². The topological polar surface area (TPSA) is 77.2 Å². The standard InChI is InChI=1S/C7H11N3O2S2/c1-5-4-14-7(9-5)13-3-2-6(11)12-10-8/h4,10H,2-3,8H2,1H3. The quantitative estimate of drug-likeness (QED) is 0.446. The predicted octanol–water partition coefficient (Wildman–Crippen LogP) is 0.855. The molecule has 0 unspecified atom stereocenters. The third-order valence-corrected chi connectivity index (χ3v) is 3.44. The second-order valence-corrected chi connectivity index (χ2v) is 4.65. The van der Waals surface area contributed by atoms with Crippen LogP contribution >= 0.6 is 23.1 Å². The molecule has 0 amide bonds. The molecule has 1 rings (SSSR count). The van der Waals surface area contributed by atoms with Crippen LogP contribution in [0.15, 0.2) is 9.72 Å². The molecule has 0 aliphatic heterocycles. The molecule has 5 nitrogen and oxygen atoms in total. The lowest BCUT2D eigenvalue weighted by atomic mass is 10.5. The number of nitrogens with one attached hydrogen (secondary N) is 1. The lowest BCUT2D eigenvalue weighted by molar-refractivity contribution is -0.150. The summed E-state index contributed by atoms with van der Waals surface area (Å²) in [5.74, 6) is 5.08. The van der Waals surface area contributed by atoms with Crippen molar-refractivity contribution in [3.05, 3.63) is 11.1 Å². The van der Waals surface area contributed by atoms with Crippen molar-refractivity contribution in [1.82, 2.24) is 10.6 Å². The van der Waals surface area contributed by atoms with Gasteiger partial charge in [0.1, 0.15) is 4.34 Å². The fraction of sp³-hybridized carbons (Fsp3) is 0.429. The molecule has 0 saturated heterocycles. The fourth-order valence-corrected chi connectivity index (χ4v) is 2.58. The molecule has 1 heterocycles. The van der Waals surface area contributed by atoms with Crippen LogP contribution in [0, 0.1) is 6.92 Å². The highest BCUT2D eigenvalue weighted by Gasteiger charge is 2.04. The number of carbonyl (C=O) groups is 1. The monoisotopic (exact) mass is 233 g/mol. The number of hydrogen-bond acceptors (Lipinski definition) is 7. The van der Waals surface area contributed by atoms with Crippen molar-refractivity contribution in [3.63, 3.8) is 0 Å². The van der Waals surface area contributed by atoms with Crippen molar-refractivity contribution in [2.24, 2.45) is 5.84 Å². The summed E-state index contributed by atoms with van der Waals surface area (Å²) in [5.41, 5.74) is 2.85. The first-order valence-electron chi connectivity index (χ1n) is 3.92. The van der Waals surface area contributed by atoms with Crippen LogP contribution in [0.2, 0.25) is 0 Å². The number of hydrogen-bond donors (Lipinski definition) is 2. The first kappa shape index (κ1) is 11.4. The molecule has 0 spiro atoms. The Labute approximate surface area is 90.0 Å². The minimum atomic E-state index is -0.367. The van der Waals surface area contributed by atoms with Crippen LogP contribution in [-0.4, -0.2) is 16.7 Å². The smallest absolute Gasteiger partial charge is 0.327 e. The summed E-state index contributed by atoms with van der Waals surface area (Å²) in [4.78, 5) is 19.4. The van der Waals surface area contributed by atoms with Gasteiger partial charge in [-0.05, 0) is 6.92 Å². The number of thioether (sulfide) groups is 1. The molecule has 78 valence electrons. The van der Waals surface area contributed by atoms with Crippen molar-refractivity contribution < 1.29 is 9.63 Å². The van der Waals surface area contributed by atoms with Gasteiger partial charge >= 0.3 is 5.97 Å². The van der Waals surface area contributed by atoms with Gasteiger partial charge in [-0.15, -0.1) is 11.3 Å². The minimum Gasteiger partial charge on any atom is -0.356 e. The second-order valence-electron chi connectivity index (χ2n) is 2.45. The van der Waals surface area contributed by atoms with E-state index in [0.29, 0.717) is 12.2 Å². The number of thiazole rings is 1. The summed E-state index contributed by atoms with van der Waals surface area (Å²) in [6, 6.07) is 0. The zero-order chi connectivity index (χ0) is 10.4. The zero-order valence-corrected chi connectivity index (χ0v) is 9.28. The average Bonchev–Trinajstić information content (AvgIpc) is 2.52. The Balaban J connectivity index is 2.18. The van der Waals surface area contributed by atoms with E-state index in [1.54, 1.807) is 11.3 Å². The molecule has 0 aliphatic rings. The summed E-state index contributed by atoms with van der Waals surface area (Å²) in [6.45, 7) is 1.94. The number of nitrogens with zero attached hydrogens (tertiary/aromatic N) is 1. The molecule has 14 heavy (non-hydrogen) atoms. The largest absolute Gasteiger partial charge is 0.356 e. The van der Waals surface area contributed by atoms with Crippen molar-refractivity contribution >= 4 is 29.1 Å². The summed E-state index contributed by atoms with van der Waals surface area (Å²) < 4.78 is 0.969. The van der Waals surface area contributed by atoms with Crippen LogP contribution in [-0.2, 0) is 9.63 Å². The Bertz CT molecular complexity index is 303. The van der Waals surface area contributed by atoms with Gasteiger partial charge in [-0.1, -0.05) is 17.4 Å². The van der Waals surface area contributed by atoms with E-state index in [2.05, 4.69) is 9.82 Å². The second kappa shape index (κ2) is 5.97. The maximum atomic E-state index is 10.8. The van der Waals surface area contributed by atoms with Gasteiger partial charge in [0.15, 0.2) is 0 Å². The van der Waals surface area contributed by atoms with Crippen molar-refractivity contribution in [2.75, 3.05) is 5.75 Å². The van der Waals surface area contributed by atoms with E-state index in [1.807, 2.05) is 17.9 Å². The Morgan fingerprint density at radius 2 is 2.64 bits per heavy atom. The highest BCUT2D eigenvalue weighted by molar-refractivity contribution is 8.01. The molecule has 0 atom stereocenters. The molecule has 0 bridgehead atoms. The highest BCUT2D eigenvalue weighted by atomic mass is 32.2.